The Kier molecular flexibility index (Phi) is 6.62. The summed E-state index contributed by atoms with van der Waals surface area (Å²) < 4.78 is 64.9. The first kappa shape index (κ1) is 21.0. The van der Waals surface area contributed by atoms with E-state index in [9.17, 15) is 26.4 Å². The van der Waals surface area contributed by atoms with Gasteiger partial charge in [0.05, 0.1) is 17.2 Å². The maximum atomic E-state index is 12.8. The second-order valence-electron chi connectivity index (χ2n) is 6.18. The highest BCUT2D eigenvalue weighted by molar-refractivity contribution is 8.00. The summed E-state index contributed by atoms with van der Waals surface area (Å²) in [5.41, 5.74) is -0.857. The monoisotopic (exact) mass is 410 g/mol. The van der Waals surface area contributed by atoms with E-state index in [4.69, 9.17) is 0 Å². The number of nitrogens with zero attached hydrogens (tertiary/aromatic N) is 1. The molecule has 0 spiro atoms. The number of amides is 1. The number of thioether (sulfide) groups is 1. The summed E-state index contributed by atoms with van der Waals surface area (Å²) in [5, 5.41) is 2.76. The average Bonchev–Trinajstić information content (AvgIpc) is 3.04. The molecule has 5 nitrogen and oxygen atoms in total. The van der Waals surface area contributed by atoms with Gasteiger partial charge in [0.25, 0.3) is 0 Å². The Morgan fingerprint density at radius 2 is 2.12 bits per heavy atom. The van der Waals surface area contributed by atoms with Crippen LogP contribution in [0.15, 0.2) is 24.3 Å². The molecule has 1 aliphatic heterocycles. The molecule has 1 aliphatic rings. The van der Waals surface area contributed by atoms with Crippen LogP contribution in [-0.2, 0) is 26.7 Å². The van der Waals surface area contributed by atoms with Gasteiger partial charge in [-0.15, -0.1) is 11.8 Å². The van der Waals surface area contributed by atoms with Crippen LogP contribution in [0, 0.1) is 0 Å². The zero-order valence-corrected chi connectivity index (χ0v) is 16.0. The van der Waals surface area contributed by atoms with Crippen molar-refractivity contribution in [3.63, 3.8) is 0 Å². The number of nitrogens with one attached hydrogen (secondary N) is 1. The molecule has 1 aromatic rings. The number of carbonyl (C=O) groups is 1. The summed E-state index contributed by atoms with van der Waals surface area (Å²) in [4.78, 5) is 12.3. The topological polar surface area (TPSA) is 66.5 Å². The van der Waals surface area contributed by atoms with Crippen LogP contribution in [0.3, 0.4) is 0 Å². The molecule has 0 bridgehead atoms. The zero-order chi connectivity index (χ0) is 19.5. The highest BCUT2D eigenvalue weighted by Gasteiger charge is 2.39. The molecule has 2 atom stereocenters. The van der Waals surface area contributed by atoms with Crippen molar-refractivity contribution in [2.45, 2.75) is 44.3 Å². The second-order valence-corrected chi connectivity index (χ2v) is 9.10. The summed E-state index contributed by atoms with van der Waals surface area (Å²) in [6, 6.07) is 3.31. The zero-order valence-electron chi connectivity index (χ0n) is 14.4. The maximum Gasteiger partial charge on any atom is 0.416 e. The van der Waals surface area contributed by atoms with E-state index in [1.54, 1.807) is 0 Å². The molecule has 26 heavy (non-hydrogen) atoms. The summed E-state index contributed by atoms with van der Waals surface area (Å²) in [6.07, 6.45) is -3.83. The fraction of sp³-hybridized carbons (Fsp3) is 0.562. The van der Waals surface area contributed by atoms with Gasteiger partial charge >= 0.3 is 6.18 Å². The van der Waals surface area contributed by atoms with E-state index in [-0.39, 0.29) is 23.4 Å². The van der Waals surface area contributed by atoms with Crippen LogP contribution in [0.25, 0.3) is 0 Å². The van der Waals surface area contributed by atoms with Gasteiger partial charge in [0.2, 0.25) is 15.9 Å². The number of halogens is 3. The molecular weight excluding hydrogens is 389 g/mol. The number of carbonyl (C=O) groups excluding carboxylic acids is 1. The number of rotatable bonds is 6. The molecule has 0 aliphatic carbocycles. The van der Waals surface area contributed by atoms with Gasteiger partial charge in [-0.05, 0) is 25.0 Å². The van der Waals surface area contributed by atoms with Gasteiger partial charge in [-0.25, -0.2) is 8.42 Å². The maximum absolute atomic E-state index is 12.8. The Morgan fingerprint density at radius 3 is 2.73 bits per heavy atom. The molecule has 2 rings (SSSR count). The van der Waals surface area contributed by atoms with Crippen molar-refractivity contribution in [3.8, 4) is 0 Å². The molecule has 1 aromatic carbocycles. The third-order valence-electron chi connectivity index (χ3n) is 4.11. The Hall–Kier alpha value is -1.26. The molecule has 1 saturated heterocycles. The largest absolute Gasteiger partial charge is 0.416 e. The van der Waals surface area contributed by atoms with Crippen molar-refractivity contribution >= 4 is 27.7 Å². The molecule has 0 aromatic heterocycles. The minimum atomic E-state index is -4.54. The van der Waals surface area contributed by atoms with Crippen LogP contribution in [0.2, 0.25) is 0 Å². The van der Waals surface area contributed by atoms with Gasteiger partial charge in [0.15, 0.2) is 0 Å². The Bertz CT molecular complexity index is 753. The molecule has 0 radical (unpaired) electrons. The third kappa shape index (κ3) is 5.14. The molecule has 1 fully saturated rings. The van der Waals surface area contributed by atoms with Gasteiger partial charge in [0.1, 0.15) is 6.04 Å². The van der Waals surface area contributed by atoms with E-state index < -0.39 is 33.6 Å². The molecular formula is C16H21F3N2O3S2. The van der Waals surface area contributed by atoms with E-state index in [1.807, 2.05) is 13.8 Å². The highest BCUT2D eigenvalue weighted by Crippen LogP contribution is 2.31. The lowest BCUT2D eigenvalue weighted by Crippen LogP contribution is -2.49. The van der Waals surface area contributed by atoms with Crippen LogP contribution < -0.4 is 5.32 Å². The third-order valence-corrected chi connectivity index (χ3v) is 7.08. The van der Waals surface area contributed by atoms with E-state index in [2.05, 4.69) is 5.32 Å². The number of hydrogen-bond donors (Lipinski definition) is 1. The van der Waals surface area contributed by atoms with Crippen LogP contribution in [-0.4, -0.2) is 42.3 Å². The first-order valence-electron chi connectivity index (χ1n) is 8.08. The lowest BCUT2D eigenvalue weighted by molar-refractivity contribution is -0.137. The van der Waals surface area contributed by atoms with Gasteiger partial charge in [-0.1, -0.05) is 25.1 Å². The SMILES string of the molecule is CCC(C)NC(=O)C1CSCN1S(=O)(=O)Cc1cccc(C(F)(F)F)c1. The normalized spacial score (nSPS) is 20.1. The van der Waals surface area contributed by atoms with Crippen molar-refractivity contribution in [2.24, 2.45) is 0 Å². The van der Waals surface area contributed by atoms with Crippen molar-refractivity contribution in [3.05, 3.63) is 35.4 Å². The first-order valence-corrected chi connectivity index (χ1v) is 10.8. The smallest absolute Gasteiger partial charge is 0.352 e. The van der Waals surface area contributed by atoms with Crippen molar-refractivity contribution in [1.82, 2.24) is 9.62 Å². The average molecular weight is 410 g/mol. The number of hydrogen-bond acceptors (Lipinski definition) is 4. The van der Waals surface area contributed by atoms with E-state index in [0.717, 1.165) is 16.4 Å². The number of sulfonamides is 1. The summed E-state index contributed by atoms with van der Waals surface area (Å²) in [7, 11) is -3.93. The molecule has 2 unspecified atom stereocenters. The molecule has 146 valence electrons. The number of alkyl halides is 3. The first-order chi connectivity index (χ1) is 12.0. The Labute approximate surface area is 155 Å². The van der Waals surface area contributed by atoms with Gasteiger partial charge in [-0.2, -0.15) is 17.5 Å². The molecule has 1 N–H and O–H groups in total. The molecule has 1 amide bonds. The molecule has 0 saturated carbocycles. The fourth-order valence-electron chi connectivity index (χ4n) is 2.48. The molecule has 10 heteroatoms. The fourth-order valence-corrected chi connectivity index (χ4v) is 5.78. The van der Waals surface area contributed by atoms with Crippen LogP contribution in [0.4, 0.5) is 13.2 Å². The summed E-state index contributed by atoms with van der Waals surface area (Å²) in [5.74, 6) is -0.522. The lowest BCUT2D eigenvalue weighted by Gasteiger charge is -2.24. The van der Waals surface area contributed by atoms with Crippen molar-refractivity contribution in [1.29, 1.82) is 0 Å². The van der Waals surface area contributed by atoms with E-state index >= 15 is 0 Å². The van der Waals surface area contributed by atoms with Crippen LogP contribution >= 0.6 is 11.8 Å². The van der Waals surface area contributed by atoms with E-state index in [1.165, 1.54) is 23.9 Å². The quantitative estimate of drug-likeness (QED) is 0.783. The predicted octanol–water partition coefficient (Wildman–Crippen LogP) is 2.82. The highest BCUT2D eigenvalue weighted by atomic mass is 32.2. The van der Waals surface area contributed by atoms with Crippen molar-refractivity contribution in [2.75, 3.05) is 11.6 Å². The predicted molar refractivity (Wildman–Crippen MR) is 94.9 cm³/mol. The minimum Gasteiger partial charge on any atom is -0.352 e. The Balaban J connectivity index is 2.17. The molecule has 1 heterocycles. The van der Waals surface area contributed by atoms with Gasteiger partial charge in [0, 0.05) is 11.8 Å². The second kappa shape index (κ2) is 8.18. The van der Waals surface area contributed by atoms with Crippen LogP contribution in [0.1, 0.15) is 31.4 Å². The lowest BCUT2D eigenvalue weighted by atomic mass is 10.1. The van der Waals surface area contributed by atoms with Gasteiger partial charge in [-0.3, -0.25) is 4.79 Å². The van der Waals surface area contributed by atoms with Crippen LogP contribution in [0.5, 0.6) is 0 Å². The van der Waals surface area contributed by atoms with E-state index in [0.29, 0.717) is 12.2 Å². The minimum absolute atomic E-state index is 0.0396. The van der Waals surface area contributed by atoms with Crippen molar-refractivity contribution < 1.29 is 26.4 Å². The summed E-state index contributed by atoms with van der Waals surface area (Å²) in [6.45, 7) is 3.72. The Morgan fingerprint density at radius 1 is 1.42 bits per heavy atom. The summed E-state index contributed by atoms with van der Waals surface area (Å²) >= 11 is 1.30. The van der Waals surface area contributed by atoms with Gasteiger partial charge < -0.3 is 5.32 Å². The standard InChI is InChI=1S/C16H21F3N2O3S2/c1-3-11(2)20-15(22)14-8-25-10-21(14)26(23,24)9-12-5-4-6-13(7-12)16(17,18)19/h4-7,11,14H,3,8-10H2,1-2H3,(H,20,22). The number of benzene rings is 1.